The van der Waals surface area contributed by atoms with Gasteiger partial charge >= 0.3 is 0 Å². The summed E-state index contributed by atoms with van der Waals surface area (Å²) in [6.07, 6.45) is 3.95. The fourth-order valence-electron chi connectivity index (χ4n) is 4.59. The summed E-state index contributed by atoms with van der Waals surface area (Å²) in [7, 11) is 0. The van der Waals surface area contributed by atoms with E-state index in [-0.39, 0.29) is 18.2 Å². The summed E-state index contributed by atoms with van der Waals surface area (Å²) >= 11 is 0. The van der Waals surface area contributed by atoms with Gasteiger partial charge < -0.3 is 27.1 Å². The van der Waals surface area contributed by atoms with E-state index in [0.717, 1.165) is 28.3 Å². The van der Waals surface area contributed by atoms with E-state index in [1.54, 1.807) is 0 Å². The number of nitrogens with two attached hydrogens (primary N) is 2. The molecule has 0 amide bonds. The number of hydrogen-bond acceptors (Lipinski definition) is 5. The summed E-state index contributed by atoms with van der Waals surface area (Å²) in [4.78, 5) is 7.86. The second kappa shape index (κ2) is 9.80. The molecule has 3 aromatic carbocycles. The number of nitrogens with zero attached hydrogens (tertiary/aromatic N) is 1. The minimum Gasteiger partial charge on any atom is -0.368 e. The van der Waals surface area contributed by atoms with Crippen molar-refractivity contribution >= 4 is 16.5 Å². The molecule has 0 aliphatic carbocycles. The molecule has 0 fully saturated rings. The number of fused-ring (bicyclic) bond motifs is 1. The summed E-state index contributed by atoms with van der Waals surface area (Å²) in [6, 6.07) is 21.7. The first-order valence-corrected chi connectivity index (χ1v) is 12.7. The van der Waals surface area contributed by atoms with E-state index >= 15 is 0 Å². The molecule has 0 saturated heterocycles. The normalized spacial score (nSPS) is 17.2. The number of aromatic amines is 1. The lowest BCUT2D eigenvalue weighted by Gasteiger charge is -2.24. The summed E-state index contributed by atoms with van der Waals surface area (Å²) in [5.41, 5.74) is 19.2. The first-order valence-electron chi connectivity index (χ1n) is 12.7. The van der Waals surface area contributed by atoms with Crippen LogP contribution in [0.3, 0.4) is 0 Å². The van der Waals surface area contributed by atoms with Crippen LogP contribution in [0.15, 0.2) is 73.1 Å². The monoisotopic (exact) mass is 480 g/mol. The smallest absolute Gasteiger partial charge is 0.123 e. The molecule has 7 N–H and O–H groups in total. The first kappa shape index (κ1) is 24.1. The Morgan fingerprint density at radius 3 is 2.03 bits per heavy atom. The molecule has 1 aliphatic rings. The lowest BCUT2D eigenvalue weighted by molar-refractivity contribution is 0.375. The molecule has 1 aromatic heterocycles. The Kier molecular flexibility index (Phi) is 6.56. The largest absolute Gasteiger partial charge is 0.368 e. The zero-order valence-electron chi connectivity index (χ0n) is 21.4. The van der Waals surface area contributed by atoms with Gasteiger partial charge in [-0.05, 0) is 57.0 Å². The fourth-order valence-corrected chi connectivity index (χ4v) is 4.59. The maximum absolute atomic E-state index is 6.32. The van der Waals surface area contributed by atoms with Crippen molar-refractivity contribution in [2.24, 2.45) is 23.3 Å². The second-order valence-corrected chi connectivity index (χ2v) is 10.5. The van der Waals surface area contributed by atoms with Crippen LogP contribution in [0.2, 0.25) is 0 Å². The zero-order valence-corrected chi connectivity index (χ0v) is 21.4. The summed E-state index contributed by atoms with van der Waals surface area (Å²) in [6.45, 7) is 8.49. The predicted octanol–water partition coefficient (Wildman–Crippen LogP) is 5.35. The Balaban J connectivity index is 1.33. The SMILES string of the molecule is CC(C)[C@H](N)C1NC=C(c2ccc3cc(-c4ccc(-c5cnc([C@@H](N)C(C)C)[nH]5)cc4)ccc3c2)N1. The third-order valence-corrected chi connectivity index (χ3v) is 7.18. The van der Waals surface area contributed by atoms with Crippen molar-refractivity contribution in [3.05, 3.63) is 84.4 Å². The number of benzene rings is 3. The molecule has 1 aliphatic heterocycles. The van der Waals surface area contributed by atoms with Gasteiger partial charge in [-0.2, -0.15) is 0 Å². The van der Waals surface area contributed by atoms with Crippen molar-refractivity contribution < 1.29 is 0 Å². The Morgan fingerprint density at radius 1 is 0.750 bits per heavy atom. The van der Waals surface area contributed by atoms with Gasteiger partial charge in [0.15, 0.2) is 0 Å². The van der Waals surface area contributed by atoms with Crippen LogP contribution in [0.5, 0.6) is 0 Å². The molecule has 36 heavy (non-hydrogen) atoms. The molecular weight excluding hydrogens is 444 g/mol. The molecule has 5 rings (SSSR count). The fraction of sp³-hybridized carbons (Fsp3) is 0.300. The molecule has 1 unspecified atom stereocenters. The van der Waals surface area contributed by atoms with Gasteiger partial charge in [0.1, 0.15) is 12.0 Å². The Labute approximate surface area is 213 Å². The van der Waals surface area contributed by atoms with Gasteiger partial charge in [0.25, 0.3) is 0 Å². The van der Waals surface area contributed by atoms with Crippen LogP contribution in [0.4, 0.5) is 0 Å². The summed E-state index contributed by atoms with van der Waals surface area (Å²) < 4.78 is 0. The molecule has 0 bridgehead atoms. The highest BCUT2D eigenvalue weighted by Gasteiger charge is 2.24. The molecule has 3 atom stereocenters. The zero-order chi connectivity index (χ0) is 25.4. The summed E-state index contributed by atoms with van der Waals surface area (Å²) in [5, 5.41) is 9.33. The molecule has 6 heteroatoms. The Hall–Kier alpha value is -3.61. The van der Waals surface area contributed by atoms with Crippen molar-refractivity contribution in [3.63, 3.8) is 0 Å². The number of rotatable bonds is 7. The van der Waals surface area contributed by atoms with Gasteiger partial charge in [-0.3, -0.25) is 0 Å². The minimum absolute atomic E-state index is 0.0427. The average Bonchev–Trinajstić information content (AvgIpc) is 3.58. The van der Waals surface area contributed by atoms with Crippen LogP contribution in [0.25, 0.3) is 38.9 Å². The molecular formula is C30H36N6. The number of aromatic nitrogens is 2. The van der Waals surface area contributed by atoms with Gasteiger partial charge in [0.05, 0.1) is 23.6 Å². The molecule has 0 saturated carbocycles. The molecule has 186 valence electrons. The van der Waals surface area contributed by atoms with Gasteiger partial charge in [-0.25, -0.2) is 4.98 Å². The predicted molar refractivity (Wildman–Crippen MR) is 150 cm³/mol. The van der Waals surface area contributed by atoms with Crippen LogP contribution in [-0.2, 0) is 0 Å². The standard InChI is InChI=1S/C30H36N6/c1-17(2)27(31)29-33-15-25(35-29)20-7-5-19(6-8-20)21-9-10-23-14-24(12-11-22(23)13-21)26-16-34-30(36-26)28(32)18(3)4/h5-18,27-28,30,34,36H,31-32H2,1-4H3,(H,33,35)/t27-,28-,30?/m0/s1. The molecule has 6 nitrogen and oxygen atoms in total. The van der Waals surface area contributed by atoms with Crippen LogP contribution in [-0.4, -0.2) is 22.2 Å². The van der Waals surface area contributed by atoms with E-state index in [1.165, 1.54) is 21.9 Å². The third kappa shape index (κ3) is 4.74. The Bertz CT molecular complexity index is 1380. The van der Waals surface area contributed by atoms with Crippen molar-refractivity contribution in [2.45, 2.75) is 45.9 Å². The van der Waals surface area contributed by atoms with Crippen molar-refractivity contribution in [1.29, 1.82) is 0 Å². The van der Waals surface area contributed by atoms with Crippen LogP contribution < -0.4 is 22.1 Å². The Morgan fingerprint density at radius 2 is 1.36 bits per heavy atom. The van der Waals surface area contributed by atoms with Gasteiger partial charge in [-0.15, -0.1) is 0 Å². The number of hydrogen-bond donors (Lipinski definition) is 5. The molecule has 0 radical (unpaired) electrons. The lowest BCUT2D eigenvalue weighted by atomic mass is 9.98. The van der Waals surface area contributed by atoms with Gasteiger partial charge in [0, 0.05) is 12.2 Å². The van der Waals surface area contributed by atoms with Crippen LogP contribution in [0, 0.1) is 11.8 Å². The number of nitrogens with one attached hydrogen (secondary N) is 3. The highest BCUT2D eigenvalue weighted by atomic mass is 15.2. The number of H-pyrrole nitrogens is 1. The first-order chi connectivity index (χ1) is 17.3. The quantitative estimate of drug-likeness (QED) is 0.245. The lowest BCUT2D eigenvalue weighted by Crippen LogP contribution is -2.50. The average molecular weight is 481 g/mol. The van der Waals surface area contributed by atoms with Crippen molar-refractivity contribution in [3.8, 4) is 22.4 Å². The summed E-state index contributed by atoms with van der Waals surface area (Å²) in [5.74, 6) is 1.56. The highest BCUT2D eigenvalue weighted by molar-refractivity contribution is 5.90. The van der Waals surface area contributed by atoms with Gasteiger partial charge in [0.2, 0.25) is 0 Å². The maximum atomic E-state index is 6.32. The van der Waals surface area contributed by atoms with Crippen molar-refractivity contribution in [2.75, 3.05) is 0 Å². The van der Waals surface area contributed by atoms with Crippen LogP contribution >= 0.6 is 0 Å². The number of imidazole rings is 1. The van der Waals surface area contributed by atoms with Gasteiger partial charge in [-0.1, -0.05) is 76.2 Å². The van der Waals surface area contributed by atoms with E-state index in [9.17, 15) is 0 Å². The third-order valence-electron chi connectivity index (χ3n) is 7.18. The van der Waals surface area contributed by atoms with E-state index in [2.05, 4.69) is 109 Å². The second-order valence-electron chi connectivity index (χ2n) is 10.5. The van der Waals surface area contributed by atoms with Crippen LogP contribution in [0.1, 0.15) is 45.1 Å². The molecule has 0 spiro atoms. The van der Waals surface area contributed by atoms with E-state index in [0.29, 0.717) is 11.8 Å². The van der Waals surface area contributed by atoms with E-state index < -0.39 is 0 Å². The van der Waals surface area contributed by atoms with E-state index in [4.69, 9.17) is 11.5 Å². The minimum atomic E-state index is -0.0906. The van der Waals surface area contributed by atoms with Crippen molar-refractivity contribution in [1.82, 2.24) is 20.6 Å². The molecule has 4 aromatic rings. The highest BCUT2D eigenvalue weighted by Crippen LogP contribution is 2.29. The van der Waals surface area contributed by atoms with E-state index in [1.807, 2.05) is 12.4 Å². The molecule has 2 heterocycles. The topological polar surface area (TPSA) is 105 Å². The maximum Gasteiger partial charge on any atom is 0.123 e.